The fourth-order valence-electron chi connectivity index (χ4n) is 1.66. The summed E-state index contributed by atoms with van der Waals surface area (Å²) in [5.41, 5.74) is 0. The fourth-order valence-corrected chi connectivity index (χ4v) is 1.66. The minimum Gasteiger partial charge on any atom is -0.317 e. The highest BCUT2D eigenvalue weighted by Crippen LogP contribution is 2.20. The summed E-state index contributed by atoms with van der Waals surface area (Å²) in [4.78, 5) is 0. The molecule has 1 rings (SSSR count). The van der Waals surface area contributed by atoms with E-state index in [0.29, 0.717) is 0 Å². The molecule has 1 aliphatic heterocycles. The van der Waals surface area contributed by atoms with Crippen LogP contribution < -0.4 is 5.32 Å². The molecule has 11 heavy (non-hydrogen) atoms. The molecule has 1 aliphatic rings. The van der Waals surface area contributed by atoms with E-state index in [-0.39, 0.29) is 0 Å². The lowest BCUT2D eigenvalue weighted by molar-refractivity contribution is 0.349. The average molecular weight is 154 g/mol. The number of piperidine rings is 1. The highest BCUT2D eigenvalue weighted by molar-refractivity contribution is 4.79. The van der Waals surface area contributed by atoms with Crippen LogP contribution in [0.3, 0.4) is 0 Å². The monoisotopic (exact) mass is 154 g/mol. The summed E-state index contributed by atoms with van der Waals surface area (Å²) in [7, 11) is 0. The van der Waals surface area contributed by atoms with Crippen LogP contribution in [0.25, 0.3) is 0 Å². The second-order valence-corrected chi connectivity index (χ2v) is 3.94. The molecule has 1 nitrogen and oxygen atoms in total. The zero-order valence-corrected chi connectivity index (χ0v) is 7.82. The molecule has 0 aromatic heterocycles. The van der Waals surface area contributed by atoms with E-state index in [0.717, 1.165) is 5.92 Å². The molecular weight excluding hydrogens is 134 g/mol. The number of hydrogen-bond donors (Lipinski definition) is 1. The summed E-state index contributed by atoms with van der Waals surface area (Å²) in [6, 6.07) is 0. The SMILES string of the molecule is C[C](C)CCC1CCNCC1. The van der Waals surface area contributed by atoms with Crippen LogP contribution in [0, 0.1) is 11.8 Å². The van der Waals surface area contributed by atoms with Crippen molar-refractivity contribution in [2.45, 2.75) is 39.5 Å². The Labute approximate surface area is 70.6 Å². The van der Waals surface area contributed by atoms with E-state index in [1.54, 1.807) is 5.92 Å². The van der Waals surface area contributed by atoms with Crippen LogP contribution in [0.1, 0.15) is 39.5 Å². The molecule has 0 atom stereocenters. The molecule has 0 saturated carbocycles. The quantitative estimate of drug-likeness (QED) is 0.658. The predicted molar refractivity (Wildman–Crippen MR) is 49.4 cm³/mol. The lowest BCUT2D eigenvalue weighted by atomic mass is 9.90. The van der Waals surface area contributed by atoms with Crippen LogP contribution in [-0.2, 0) is 0 Å². The van der Waals surface area contributed by atoms with Gasteiger partial charge in [-0.1, -0.05) is 13.8 Å². The molecule has 0 spiro atoms. The third-order valence-electron chi connectivity index (χ3n) is 2.51. The molecule has 65 valence electrons. The lowest BCUT2D eigenvalue weighted by Crippen LogP contribution is -2.27. The first kappa shape index (κ1) is 9.05. The Hall–Kier alpha value is -0.0400. The Morgan fingerprint density at radius 1 is 1.27 bits per heavy atom. The molecule has 1 radical (unpaired) electrons. The lowest BCUT2D eigenvalue weighted by Gasteiger charge is -2.22. The first-order valence-electron chi connectivity index (χ1n) is 4.79. The minimum atomic E-state index is 1.01. The van der Waals surface area contributed by atoms with Gasteiger partial charge in [0, 0.05) is 0 Å². The molecule has 1 saturated heterocycles. The van der Waals surface area contributed by atoms with Crippen molar-refractivity contribution < 1.29 is 0 Å². The first-order chi connectivity index (χ1) is 5.29. The Morgan fingerprint density at radius 3 is 2.45 bits per heavy atom. The van der Waals surface area contributed by atoms with Gasteiger partial charge in [0.25, 0.3) is 0 Å². The maximum absolute atomic E-state index is 3.40. The van der Waals surface area contributed by atoms with Gasteiger partial charge in [-0.3, -0.25) is 0 Å². The number of rotatable bonds is 3. The molecular formula is C10H20N. The smallest absolute Gasteiger partial charge is 0.00463 e. The standard InChI is InChI=1S/C10H20N/c1-9(2)3-4-10-5-7-11-8-6-10/h10-11H,3-8H2,1-2H3. The van der Waals surface area contributed by atoms with Crippen LogP contribution in [0.2, 0.25) is 0 Å². The van der Waals surface area contributed by atoms with Crippen LogP contribution >= 0.6 is 0 Å². The summed E-state index contributed by atoms with van der Waals surface area (Å²) in [5.74, 6) is 2.59. The van der Waals surface area contributed by atoms with Gasteiger partial charge in [-0.25, -0.2) is 0 Å². The maximum atomic E-state index is 3.40. The Balaban J connectivity index is 2.05. The van der Waals surface area contributed by atoms with E-state index in [1.165, 1.54) is 38.8 Å². The van der Waals surface area contributed by atoms with Crippen molar-refractivity contribution in [3.05, 3.63) is 5.92 Å². The summed E-state index contributed by atoms with van der Waals surface area (Å²) < 4.78 is 0. The van der Waals surface area contributed by atoms with Crippen molar-refractivity contribution in [1.29, 1.82) is 0 Å². The normalized spacial score (nSPS) is 21.0. The summed E-state index contributed by atoms with van der Waals surface area (Å²) in [6.07, 6.45) is 5.55. The van der Waals surface area contributed by atoms with E-state index in [4.69, 9.17) is 0 Å². The third-order valence-corrected chi connectivity index (χ3v) is 2.51. The van der Waals surface area contributed by atoms with E-state index in [9.17, 15) is 0 Å². The molecule has 1 heterocycles. The maximum Gasteiger partial charge on any atom is -0.00463 e. The van der Waals surface area contributed by atoms with Crippen LogP contribution in [0.5, 0.6) is 0 Å². The van der Waals surface area contributed by atoms with E-state index in [2.05, 4.69) is 19.2 Å². The second kappa shape index (κ2) is 4.76. The minimum absolute atomic E-state index is 1.01. The molecule has 0 aromatic rings. The predicted octanol–water partition coefficient (Wildman–Crippen LogP) is 2.38. The van der Waals surface area contributed by atoms with Gasteiger partial charge in [-0.05, 0) is 50.6 Å². The zero-order chi connectivity index (χ0) is 8.10. The van der Waals surface area contributed by atoms with E-state index >= 15 is 0 Å². The first-order valence-corrected chi connectivity index (χ1v) is 4.79. The molecule has 1 N–H and O–H groups in total. The Bertz CT molecular complexity index is 93.0. The van der Waals surface area contributed by atoms with Crippen LogP contribution in [-0.4, -0.2) is 13.1 Å². The number of nitrogens with one attached hydrogen (secondary N) is 1. The molecule has 0 amide bonds. The second-order valence-electron chi connectivity index (χ2n) is 3.94. The van der Waals surface area contributed by atoms with Crippen molar-refractivity contribution in [1.82, 2.24) is 5.32 Å². The van der Waals surface area contributed by atoms with Gasteiger partial charge in [-0.15, -0.1) is 0 Å². The Kier molecular flexibility index (Phi) is 3.92. The van der Waals surface area contributed by atoms with Gasteiger partial charge >= 0.3 is 0 Å². The highest BCUT2D eigenvalue weighted by Gasteiger charge is 2.12. The van der Waals surface area contributed by atoms with Gasteiger partial charge in [-0.2, -0.15) is 0 Å². The van der Waals surface area contributed by atoms with Gasteiger partial charge in [0.1, 0.15) is 0 Å². The van der Waals surface area contributed by atoms with Gasteiger partial charge < -0.3 is 5.32 Å². The number of hydrogen-bond acceptors (Lipinski definition) is 1. The summed E-state index contributed by atoms with van der Waals surface area (Å²) in [5, 5.41) is 3.40. The average Bonchev–Trinajstić information content (AvgIpc) is 2.03. The van der Waals surface area contributed by atoms with Crippen molar-refractivity contribution in [2.75, 3.05) is 13.1 Å². The van der Waals surface area contributed by atoms with Crippen molar-refractivity contribution >= 4 is 0 Å². The van der Waals surface area contributed by atoms with Gasteiger partial charge in [0.2, 0.25) is 0 Å². The highest BCUT2D eigenvalue weighted by atomic mass is 14.9. The van der Waals surface area contributed by atoms with E-state index < -0.39 is 0 Å². The van der Waals surface area contributed by atoms with Crippen molar-refractivity contribution in [3.63, 3.8) is 0 Å². The summed E-state index contributed by atoms with van der Waals surface area (Å²) >= 11 is 0. The topological polar surface area (TPSA) is 12.0 Å². The molecule has 0 unspecified atom stereocenters. The largest absolute Gasteiger partial charge is 0.317 e. The molecule has 0 aromatic carbocycles. The Morgan fingerprint density at radius 2 is 1.91 bits per heavy atom. The van der Waals surface area contributed by atoms with Crippen LogP contribution in [0.15, 0.2) is 0 Å². The molecule has 1 fully saturated rings. The van der Waals surface area contributed by atoms with E-state index in [1.807, 2.05) is 0 Å². The van der Waals surface area contributed by atoms with Crippen molar-refractivity contribution in [3.8, 4) is 0 Å². The van der Waals surface area contributed by atoms with Crippen LogP contribution in [0.4, 0.5) is 0 Å². The van der Waals surface area contributed by atoms with Crippen molar-refractivity contribution in [2.24, 2.45) is 5.92 Å². The fraction of sp³-hybridized carbons (Fsp3) is 0.900. The molecule has 0 bridgehead atoms. The van der Waals surface area contributed by atoms with Gasteiger partial charge in [0.05, 0.1) is 0 Å². The third kappa shape index (κ3) is 3.76. The molecule has 0 aliphatic carbocycles. The molecule has 1 heteroatoms. The summed E-state index contributed by atoms with van der Waals surface area (Å²) in [6.45, 7) is 6.96. The van der Waals surface area contributed by atoms with Gasteiger partial charge in [0.15, 0.2) is 0 Å². The zero-order valence-electron chi connectivity index (χ0n) is 7.82.